The van der Waals surface area contributed by atoms with Gasteiger partial charge in [0.15, 0.2) is 0 Å². The number of rotatable bonds is 8. The first-order valence-electron chi connectivity index (χ1n) is 5.59. The van der Waals surface area contributed by atoms with Crippen molar-refractivity contribution in [2.75, 3.05) is 0 Å². The van der Waals surface area contributed by atoms with Crippen molar-refractivity contribution in [3.63, 3.8) is 0 Å². The van der Waals surface area contributed by atoms with E-state index in [0.29, 0.717) is 12.8 Å². The molecule has 0 aromatic carbocycles. The van der Waals surface area contributed by atoms with E-state index in [1.807, 2.05) is 0 Å². The Labute approximate surface area is 92.3 Å². The van der Waals surface area contributed by atoms with Gasteiger partial charge >= 0.3 is 7.82 Å². The molecule has 0 bridgehead atoms. The minimum atomic E-state index is -4.37. The molecule has 0 aliphatic rings. The van der Waals surface area contributed by atoms with Gasteiger partial charge in [-0.2, -0.15) is 0 Å². The summed E-state index contributed by atoms with van der Waals surface area (Å²) < 4.78 is 15.7. The van der Waals surface area contributed by atoms with E-state index in [2.05, 4.69) is 13.8 Å². The Morgan fingerprint density at radius 3 is 1.80 bits per heavy atom. The van der Waals surface area contributed by atoms with E-state index in [1.165, 1.54) is 0 Å². The molecule has 0 amide bonds. The van der Waals surface area contributed by atoms with Crippen LogP contribution in [-0.2, 0) is 9.09 Å². The minimum Gasteiger partial charge on any atom is -0.303 e. The highest BCUT2D eigenvalue weighted by Gasteiger charge is 2.32. The second kappa shape index (κ2) is 6.64. The summed E-state index contributed by atoms with van der Waals surface area (Å²) >= 11 is 0. The van der Waals surface area contributed by atoms with Crippen LogP contribution in [0.3, 0.4) is 0 Å². The van der Waals surface area contributed by atoms with Crippen LogP contribution in [0.4, 0.5) is 0 Å². The molecule has 0 rings (SSSR count). The van der Waals surface area contributed by atoms with Crippen molar-refractivity contribution in [2.45, 2.75) is 64.9 Å². The summed E-state index contributed by atoms with van der Waals surface area (Å²) in [6, 6.07) is 0. The van der Waals surface area contributed by atoms with Crippen molar-refractivity contribution in [3.8, 4) is 0 Å². The molecular formula is C10H23O4P. The van der Waals surface area contributed by atoms with Crippen LogP contribution in [0.2, 0.25) is 0 Å². The van der Waals surface area contributed by atoms with Gasteiger partial charge in [0.1, 0.15) is 0 Å². The highest BCUT2D eigenvalue weighted by molar-refractivity contribution is 7.46. The zero-order valence-corrected chi connectivity index (χ0v) is 10.8. The maximum Gasteiger partial charge on any atom is 0.470 e. The lowest BCUT2D eigenvalue weighted by Gasteiger charge is -2.29. The van der Waals surface area contributed by atoms with E-state index in [9.17, 15) is 4.57 Å². The normalized spacial score (nSPS) is 13.1. The molecule has 0 atom stereocenters. The maximum atomic E-state index is 10.8. The summed E-state index contributed by atoms with van der Waals surface area (Å²) in [5, 5.41) is 0. The van der Waals surface area contributed by atoms with Crippen molar-refractivity contribution < 1.29 is 18.9 Å². The predicted molar refractivity (Wildman–Crippen MR) is 60.6 cm³/mol. The Hall–Kier alpha value is 0.110. The second-order valence-electron chi connectivity index (χ2n) is 4.24. The SMILES string of the molecule is CCCCC(C)(CCCC)OP(=O)(O)O. The molecule has 15 heavy (non-hydrogen) atoms. The average molecular weight is 238 g/mol. The van der Waals surface area contributed by atoms with E-state index in [-0.39, 0.29) is 0 Å². The lowest BCUT2D eigenvalue weighted by atomic mass is 9.93. The zero-order valence-electron chi connectivity index (χ0n) is 9.90. The smallest absolute Gasteiger partial charge is 0.303 e. The maximum absolute atomic E-state index is 10.8. The van der Waals surface area contributed by atoms with Crippen LogP contribution in [-0.4, -0.2) is 15.4 Å². The fourth-order valence-corrected chi connectivity index (χ4v) is 2.36. The molecule has 0 heterocycles. The van der Waals surface area contributed by atoms with Crippen LogP contribution in [0.5, 0.6) is 0 Å². The molecule has 5 heteroatoms. The monoisotopic (exact) mass is 238 g/mol. The van der Waals surface area contributed by atoms with Gasteiger partial charge in [0.25, 0.3) is 0 Å². The van der Waals surface area contributed by atoms with Gasteiger partial charge in [0, 0.05) is 0 Å². The lowest BCUT2D eigenvalue weighted by molar-refractivity contribution is 0.0312. The van der Waals surface area contributed by atoms with Gasteiger partial charge in [0.2, 0.25) is 0 Å². The summed E-state index contributed by atoms with van der Waals surface area (Å²) in [6.07, 6.45) is 5.28. The van der Waals surface area contributed by atoms with Gasteiger partial charge in [-0.15, -0.1) is 0 Å². The summed E-state index contributed by atoms with van der Waals surface area (Å²) in [7, 11) is -4.37. The Bertz CT molecular complexity index is 203. The van der Waals surface area contributed by atoms with Crippen molar-refractivity contribution in [1.29, 1.82) is 0 Å². The third kappa shape index (κ3) is 7.97. The number of hydrogen-bond donors (Lipinski definition) is 2. The average Bonchev–Trinajstić information content (AvgIpc) is 2.09. The molecule has 0 radical (unpaired) electrons. The van der Waals surface area contributed by atoms with Crippen LogP contribution in [0.15, 0.2) is 0 Å². The van der Waals surface area contributed by atoms with E-state index in [4.69, 9.17) is 14.3 Å². The summed E-state index contributed by atoms with van der Waals surface area (Å²) in [5.74, 6) is 0. The van der Waals surface area contributed by atoms with Gasteiger partial charge in [0.05, 0.1) is 5.60 Å². The molecule has 4 nitrogen and oxygen atoms in total. The first-order chi connectivity index (χ1) is 6.83. The number of unbranched alkanes of at least 4 members (excludes halogenated alkanes) is 2. The number of phosphoric acid groups is 1. The van der Waals surface area contributed by atoms with Crippen LogP contribution in [0.1, 0.15) is 59.3 Å². The standard InChI is InChI=1S/C10H23O4P/c1-4-6-8-10(3,9-7-5-2)14-15(11,12)13/h4-9H2,1-3H3,(H2,11,12,13). The highest BCUT2D eigenvalue weighted by atomic mass is 31.2. The van der Waals surface area contributed by atoms with Crippen molar-refractivity contribution in [1.82, 2.24) is 0 Å². The molecule has 0 aromatic heterocycles. The lowest BCUT2D eigenvalue weighted by Crippen LogP contribution is -2.27. The molecule has 2 N–H and O–H groups in total. The second-order valence-corrected chi connectivity index (χ2v) is 5.40. The van der Waals surface area contributed by atoms with Crippen LogP contribution >= 0.6 is 7.82 Å². The third-order valence-corrected chi connectivity index (χ3v) is 3.14. The third-order valence-electron chi connectivity index (χ3n) is 2.46. The van der Waals surface area contributed by atoms with E-state index in [0.717, 1.165) is 25.7 Å². The van der Waals surface area contributed by atoms with E-state index in [1.54, 1.807) is 6.92 Å². The van der Waals surface area contributed by atoms with E-state index < -0.39 is 13.4 Å². The molecular weight excluding hydrogens is 215 g/mol. The Kier molecular flexibility index (Phi) is 6.69. The summed E-state index contributed by atoms with van der Waals surface area (Å²) in [4.78, 5) is 17.7. The van der Waals surface area contributed by atoms with Crippen molar-refractivity contribution in [2.24, 2.45) is 0 Å². The van der Waals surface area contributed by atoms with Crippen LogP contribution in [0, 0.1) is 0 Å². The minimum absolute atomic E-state index is 0.676. The van der Waals surface area contributed by atoms with Gasteiger partial charge in [-0.1, -0.05) is 39.5 Å². The molecule has 0 aromatic rings. The summed E-state index contributed by atoms with van der Waals surface area (Å²) in [5.41, 5.74) is -0.676. The first-order valence-corrected chi connectivity index (χ1v) is 7.12. The first kappa shape index (κ1) is 15.1. The molecule has 0 aliphatic carbocycles. The molecule has 0 saturated carbocycles. The molecule has 0 fully saturated rings. The number of hydrogen-bond acceptors (Lipinski definition) is 2. The van der Waals surface area contributed by atoms with Crippen LogP contribution in [0.25, 0.3) is 0 Å². The molecule has 0 spiro atoms. The van der Waals surface area contributed by atoms with Gasteiger partial charge in [-0.05, 0) is 19.8 Å². The Morgan fingerprint density at radius 2 is 1.53 bits per heavy atom. The fraction of sp³-hybridized carbons (Fsp3) is 1.00. The number of phosphoric ester groups is 1. The summed E-state index contributed by atoms with van der Waals surface area (Å²) in [6.45, 7) is 5.90. The van der Waals surface area contributed by atoms with Gasteiger partial charge in [-0.3, -0.25) is 4.52 Å². The van der Waals surface area contributed by atoms with Gasteiger partial charge < -0.3 is 9.79 Å². The molecule has 0 aliphatic heterocycles. The Balaban J connectivity index is 4.32. The molecule has 92 valence electrons. The van der Waals surface area contributed by atoms with Crippen molar-refractivity contribution >= 4 is 7.82 Å². The molecule has 0 unspecified atom stereocenters. The largest absolute Gasteiger partial charge is 0.470 e. The predicted octanol–water partition coefficient (Wildman–Crippen LogP) is 3.23. The highest BCUT2D eigenvalue weighted by Crippen LogP contribution is 2.44. The van der Waals surface area contributed by atoms with Crippen molar-refractivity contribution in [3.05, 3.63) is 0 Å². The fourth-order valence-electron chi connectivity index (χ4n) is 1.60. The quantitative estimate of drug-likeness (QED) is 0.637. The van der Waals surface area contributed by atoms with E-state index >= 15 is 0 Å². The molecule has 0 saturated heterocycles. The topological polar surface area (TPSA) is 66.8 Å². The zero-order chi connectivity index (χ0) is 11.9. The van der Waals surface area contributed by atoms with Gasteiger partial charge in [-0.25, -0.2) is 4.57 Å². The van der Waals surface area contributed by atoms with Crippen LogP contribution < -0.4 is 0 Å². The Morgan fingerprint density at radius 1 is 1.13 bits per heavy atom.